The molecule has 0 amide bonds. The average Bonchev–Trinajstić information content (AvgIpc) is 2.36. The summed E-state index contributed by atoms with van der Waals surface area (Å²) in [6.07, 6.45) is 0.719. The molecule has 0 aliphatic heterocycles. The number of rotatable bonds is 8. The molecule has 1 unspecified atom stereocenters. The molecule has 0 aliphatic rings. The lowest BCUT2D eigenvalue weighted by Crippen LogP contribution is -2.35. The Morgan fingerprint density at radius 2 is 2.05 bits per heavy atom. The molecule has 1 aromatic carbocycles. The van der Waals surface area contributed by atoms with Crippen LogP contribution in [0.15, 0.2) is 18.2 Å². The summed E-state index contributed by atoms with van der Waals surface area (Å²) in [7, 11) is 0. The predicted molar refractivity (Wildman–Crippen MR) is 79.9 cm³/mol. The van der Waals surface area contributed by atoms with Crippen molar-refractivity contribution in [3.8, 4) is 5.75 Å². The van der Waals surface area contributed by atoms with Gasteiger partial charge in [0.05, 0.1) is 0 Å². The molecule has 0 fully saturated rings. The van der Waals surface area contributed by atoms with Gasteiger partial charge in [0.1, 0.15) is 12.4 Å². The van der Waals surface area contributed by atoms with E-state index in [0.29, 0.717) is 12.5 Å². The largest absolute Gasteiger partial charge is 0.492 e. The quantitative estimate of drug-likeness (QED) is 0.759. The van der Waals surface area contributed by atoms with E-state index in [1.165, 1.54) is 11.1 Å². The van der Waals surface area contributed by atoms with Crippen LogP contribution in [0.1, 0.15) is 44.2 Å². The van der Waals surface area contributed by atoms with Gasteiger partial charge in [-0.1, -0.05) is 32.9 Å². The van der Waals surface area contributed by atoms with Crippen molar-refractivity contribution < 1.29 is 9.84 Å². The van der Waals surface area contributed by atoms with Crippen molar-refractivity contribution >= 4 is 0 Å². The highest BCUT2D eigenvalue weighted by atomic mass is 16.5. The maximum Gasteiger partial charge on any atom is 0.123 e. The van der Waals surface area contributed by atoms with Crippen molar-refractivity contribution in [3.05, 3.63) is 29.3 Å². The fraction of sp³-hybridized carbons (Fsp3) is 0.625. The fourth-order valence-electron chi connectivity index (χ4n) is 2.12. The van der Waals surface area contributed by atoms with Crippen LogP contribution < -0.4 is 10.1 Å². The van der Waals surface area contributed by atoms with Gasteiger partial charge in [0.2, 0.25) is 0 Å². The minimum absolute atomic E-state index is 0.186. The van der Waals surface area contributed by atoms with Crippen LogP contribution >= 0.6 is 0 Å². The average molecular weight is 265 g/mol. The molecule has 2 N–H and O–H groups in total. The molecule has 19 heavy (non-hydrogen) atoms. The molecule has 108 valence electrons. The number of aliphatic hydroxyl groups excluding tert-OH is 1. The van der Waals surface area contributed by atoms with Crippen LogP contribution in [0.2, 0.25) is 0 Å². The molecule has 0 saturated carbocycles. The van der Waals surface area contributed by atoms with E-state index in [0.717, 1.165) is 18.7 Å². The van der Waals surface area contributed by atoms with Gasteiger partial charge in [-0.25, -0.2) is 0 Å². The zero-order chi connectivity index (χ0) is 14.3. The third-order valence-electron chi connectivity index (χ3n) is 3.20. The summed E-state index contributed by atoms with van der Waals surface area (Å²) in [5, 5.41) is 12.4. The summed E-state index contributed by atoms with van der Waals surface area (Å²) in [6, 6.07) is 6.56. The lowest BCUT2D eigenvalue weighted by Gasteiger charge is -2.20. The van der Waals surface area contributed by atoms with Crippen molar-refractivity contribution in [2.75, 3.05) is 19.8 Å². The Bertz CT molecular complexity index is 371. The van der Waals surface area contributed by atoms with Crippen LogP contribution in [-0.4, -0.2) is 30.9 Å². The normalized spacial score (nSPS) is 12.7. The number of nitrogens with one attached hydrogen (secondary N) is 1. The van der Waals surface area contributed by atoms with E-state index in [1.807, 2.05) is 0 Å². The molecule has 0 bridgehead atoms. The lowest BCUT2D eigenvalue weighted by atomic mass is 10.0. The summed E-state index contributed by atoms with van der Waals surface area (Å²) in [5.74, 6) is 1.42. The molecule has 3 heteroatoms. The number of hydrogen-bond acceptors (Lipinski definition) is 3. The molecule has 0 spiro atoms. The smallest absolute Gasteiger partial charge is 0.123 e. The SMILES string of the molecule is CCNC(CCO)COc1cc(C)ccc1C(C)C. The van der Waals surface area contributed by atoms with Crippen molar-refractivity contribution in [3.63, 3.8) is 0 Å². The van der Waals surface area contributed by atoms with Crippen molar-refractivity contribution in [1.29, 1.82) is 0 Å². The van der Waals surface area contributed by atoms with Gasteiger partial charge < -0.3 is 15.2 Å². The molecular formula is C16H27NO2. The standard InChI is InChI=1S/C16H27NO2/c1-5-17-14(8-9-18)11-19-16-10-13(4)6-7-15(16)12(2)3/h6-7,10,12,14,17-18H,5,8-9,11H2,1-4H3. The molecule has 1 atom stereocenters. The number of benzene rings is 1. The predicted octanol–water partition coefficient (Wildman–Crippen LogP) is 2.86. The molecular weight excluding hydrogens is 238 g/mol. The Morgan fingerprint density at radius 1 is 1.32 bits per heavy atom. The summed E-state index contributed by atoms with van der Waals surface area (Å²) >= 11 is 0. The molecule has 1 aromatic rings. The highest BCUT2D eigenvalue weighted by Gasteiger charge is 2.11. The second kappa shape index (κ2) is 8.18. The zero-order valence-electron chi connectivity index (χ0n) is 12.6. The third-order valence-corrected chi connectivity index (χ3v) is 3.20. The topological polar surface area (TPSA) is 41.5 Å². The van der Waals surface area contributed by atoms with Crippen LogP contribution in [0.4, 0.5) is 0 Å². The van der Waals surface area contributed by atoms with E-state index < -0.39 is 0 Å². The van der Waals surface area contributed by atoms with E-state index in [9.17, 15) is 0 Å². The first kappa shape index (κ1) is 16.0. The number of aliphatic hydroxyl groups is 1. The Balaban J connectivity index is 2.71. The number of aryl methyl sites for hydroxylation is 1. The van der Waals surface area contributed by atoms with Gasteiger partial charge in [0.15, 0.2) is 0 Å². The first-order valence-corrected chi connectivity index (χ1v) is 7.16. The van der Waals surface area contributed by atoms with Crippen molar-refractivity contribution in [2.24, 2.45) is 0 Å². The summed E-state index contributed by atoms with van der Waals surface area (Å²) in [6.45, 7) is 10.2. The molecule has 0 saturated heterocycles. The Kier molecular flexibility index (Phi) is 6.89. The molecule has 0 heterocycles. The molecule has 0 radical (unpaired) electrons. The van der Waals surface area contributed by atoms with Crippen molar-refractivity contribution in [2.45, 2.75) is 46.1 Å². The molecule has 1 rings (SSSR count). The Morgan fingerprint density at radius 3 is 2.63 bits per heavy atom. The summed E-state index contributed by atoms with van der Waals surface area (Å²) in [4.78, 5) is 0. The number of ether oxygens (including phenoxy) is 1. The van der Waals surface area contributed by atoms with E-state index >= 15 is 0 Å². The minimum atomic E-state index is 0.186. The maximum absolute atomic E-state index is 9.05. The zero-order valence-corrected chi connectivity index (χ0v) is 12.6. The number of hydrogen-bond donors (Lipinski definition) is 2. The second-order valence-corrected chi connectivity index (χ2v) is 5.27. The van der Waals surface area contributed by atoms with Gasteiger partial charge in [-0.05, 0) is 43.0 Å². The fourth-order valence-corrected chi connectivity index (χ4v) is 2.12. The molecule has 0 aromatic heterocycles. The summed E-state index contributed by atoms with van der Waals surface area (Å²) in [5.41, 5.74) is 2.45. The second-order valence-electron chi connectivity index (χ2n) is 5.27. The van der Waals surface area contributed by atoms with E-state index in [4.69, 9.17) is 9.84 Å². The van der Waals surface area contributed by atoms with Crippen LogP contribution in [0, 0.1) is 6.92 Å². The maximum atomic E-state index is 9.05. The van der Waals surface area contributed by atoms with Gasteiger partial charge in [0.25, 0.3) is 0 Å². The van der Waals surface area contributed by atoms with Gasteiger partial charge in [-0.15, -0.1) is 0 Å². The highest BCUT2D eigenvalue weighted by Crippen LogP contribution is 2.27. The van der Waals surface area contributed by atoms with Crippen LogP contribution in [0.25, 0.3) is 0 Å². The summed E-state index contributed by atoms with van der Waals surface area (Å²) < 4.78 is 5.97. The first-order valence-electron chi connectivity index (χ1n) is 7.16. The van der Waals surface area contributed by atoms with Crippen LogP contribution in [-0.2, 0) is 0 Å². The Labute approximate surface area is 117 Å². The van der Waals surface area contributed by atoms with Gasteiger partial charge in [0, 0.05) is 12.6 Å². The van der Waals surface area contributed by atoms with E-state index in [1.54, 1.807) is 0 Å². The van der Waals surface area contributed by atoms with Gasteiger partial charge in [-0.3, -0.25) is 0 Å². The van der Waals surface area contributed by atoms with Crippen LogP contribution in [0.5, 0.6) is 5.75 Å². The molecule has 3 nitrogen and oxygen atoms in total. The van der Waals surface area contributed by atoms with E-state index in [-0.39, 0.29) is 12.6 Å². The van der Waals surface area contributed by atoms with Crippen LogP contribution in [0.3, 0.4) is 0 Å². The lowest BCUT2D eigenvalue weighted by molar-refractivity contribution is 0.213. The first-order chi connectivity index (χ1) is 9.08. The monoisotopic (exact) mass is 265 g/mol. The Hall–Kier alpha value is -1.06. The van der Waals surface area contributed by atoms with Crippen molar-refractivity contribution in [1.82, 2.24) is 5.32 Å². The third kappa shape index (κ3) is 5.21. The highest BCUT2D eigenvalue weighted by molar-refractivity contribution is 5.39. The minimum Gasteiger partial charge on any atom is -0.492 e. The van der Waals surface area contributed by atoms with Gasteiger partial charge in [-0.2, -0.15) is 0 Å². The van der Waals surface area contributed by atoms with Gasteiger partial charge >= 0.3 is 0 Å². The number of likely N-dealkylation sites (N-methyl/N-ethyl adjacent to an activating group) is 1. The molecule has 0 aliphatic carbocycles. The van der Waals surface area contributed by atoms with E-state index in [2.05, 4.69) is 51.2 Å².